The third kappa shape index (κ3) is 2.20. The zero-order valence-corrected chi connectivity index (χ0v) is 10.9. The quantitative estimate of drug-likeness (QED) is 0.788. The lowest BCUT2D eigenvalue weighted by Crippen LogP contribution is -1.87. The average molecular weight is 296 g/mol. The van der Waals surface area contributed by atoms with E-state index in [0.717, 1.165) is 11.3 Å². The van der Waals surface area contributed by atoms with E-state index < -0.39 is 11.6 Å². The highest BCUT2D eigenvalue weighted by Crippen LogP contribution is 2.35. The Morgan fingerprint density at radius 1 is 1.00 bits per heavy atom. The number of halogens is 2. The van der Waals surface area contributed by atoms with Crippen molar-refractivity contribution < 1.29 is 8.78 Å². The first kappa shape index (κ1) is 12.1. The summed E-state index contributed by atoms with van der Waals surface area (Å²) in [6, 6.07) is 3.71. The summed E-state index contributed by atoms with van der Waals surface area (Å²) in [5, 5.41) is 8.73. The molecule has 3 rings (SSSR count). The van der Waals surface area contributed by atoms with Gasteiger partial charge in [0.15, 0.2) is 5.01 Å². The smallest absolute Gasteiger partial charge is 0.203 e. The van der Waals surface area contributed by atoms with Gasteiger partial charge in [-0.2, -0.15) is 0 Å². The minimum absolute atomic E-state index is 0.128. The number of aromatic nitrogens is 3. The largest absolute Gasteiger partial charge is 0.374 e. The number of nitrogens with zero attached hydrogens (tertiary/aromatic N) is 3. The third-order valence-corrected chi connectivity index (χ3v) is 4.27. The molecular weight excluding hydrogens is 290 g/mol. The zero-order chi connectivity index (χ0) is 13.4. The van der Waals surface area contributed by atoms with Crippen LogP contribution in [-0.2, 0) is 0 Å². The van der Waals surface area contributed by atoms with E-state index in [4.69, 9.17) is 5.73 Å². The highest BCUT2D eigenvalue weighted by Gasteiger charge is 2.16. The van der Waals surface area contributed by atoms with Gasteiger partial charge in [0.1, 0.15) is 16.6 Å². The molecule has 0 aliphatic rings. The number of nitrogen functional groups attached to an aromatic ring is 1. The van der Waals surface area contributed by atoms with Gasteiger partial charge in [0.2, 0.25) is 5.13 Å². The molecule has 0 saturated carbocycles. The summed E-state index contributed by atoms with van der Waals surface area (Å²) in [6.07, 6.45) is 1.51. The molecule has 96 valence electrons. The molecule has 8 heteroatoms. The van der Waals surface area contributed by atoms with Crippen LogP contribution >= 0.6 is 22.7 Å². The molecule has 0 bridgehead atoms. The maximum absolute atomic E-state index is 13.6. The van der Waals surface area contributed by atoms with Gasteiger partial charge in [0.05, 0.1) is 10.4 Å². The maximum Gasteiger partial charge on any atom is 0.203 e. The molecule has 0 saturated heterocycles. The van der Waals surface area contributed by atoms with Crippen molar-refractivity contribution >= 4 is 27.8 Å². The molecule has 0 amide bonds. The first-order valence-corrected chi connectivity index (χ1v) is 6.78. The lowest BCUT2D eigenvalue weighted by Gasteiger charge is -1.99. The summed E-state index contributed by atoms with van der Waals surface area (Å²) in [5.74, 6) is -1.28. The second-order valence-corrected chi connectivity index (χ2v) is 5.61. The van der Waals surface area contributed by atoms with Crippen LogP contribution in [0.2, 0.25) is 0 Å². The Balaban J connectivity index is 2.06. The van der Waals surface area contributed by atoms with E-state index in [1.165, 1.54) is 35.7 Å². The first-order valence-electron chi connectivity index (χ1n) is 5.14. The van der Waals surface area contributed by atoms with Crippen LogP contribution in [0.1, 0.15) is 0 Å². The molecule has 0 spiro atoms. The normalized spacial score (nSPS) is 10.8. The van der Waals surface area contributed by atoms with Crippen LogP contribution in [0.15, 0.2) is 24.4 Å². The molecule has 19 heavy (non-hydrogen) atoms. The van der Waals surface area contributed by atoms with E-state index in [-0.39, 0.29) is 10.6 Å². The molecule has 0 atom stereocenters. The molecule has 0 aliphatic heterocycles. The van der Waals surface area contributed by atoms with Gasteiger partial charge in [-0.15, -0.1) is 21.5 Å². The zero-order valence-electron chi connectivity index (χ0n) is 9.30. The number of benzene rings is 1. The highest BCUT2D eigenvalue weighted by atomic mass is 32.1. The summed E-state index contributed by atoms with van der Waals surface area (Å²) >= 11 is 2.34. The van der Waals surface area contributed by atoms with Crippen molar-refractivity contribution in [1.82, 2.24) is 15.2 Å². The van der Waals surface area contributed by atoms with Crippen LogP contribution in [-0.4, -0.2) is 15.2 Å². The van der Waals surface area contributed by atoms with Crippen molar-refractivity contribution in [2.24, 2.45) is 0 Å². The van der Waals surface area contributed by atoms with E-state index in [0.29, 0.717) is 15.0 Å². The molecule has 0 aliphatic carbocycles. The molecule has 0 fully saturated rings. The van der Waals surface area contributed by atoms with Crippen LogP contribution in [0.4, 0.5) is 13.9 Å². The molecule has 0 radical (unpaired) electrons. The Bertz CT molecular complexity index is 718. The number of hydrogen-bond donors (Lipinski definition) is 1. The van der Waals surface area contributed by atoms with Crippen molar-refractivity contribution in [3.8, 4) is 20.5 Å². The standard InChI is InChI=1S/C11H6F2N4S2/c12-5-2-1-3-6(13)8(5)10-15-4-7(18-10)9-16-17-11(14)19-9/h1-4H,(H2,14,17). The topological polar surface area (TPSA) is 64.7 Å². The molecule has 1 aromatic carbocycles. The third-order valence-electron chi connectivity index (χ3n) is 2.33. The van der Waals surface area contributed by atoms with Crippen molar-refractivity contribution in [2.45, 2.75) is 0 Å². The van der Waals surface area contributed by atoms with Gasteiger partial charge >= 0.3 is 0 Å². The molecule has 0 unspecified atom stereocenters. The van der Waals surface area contributed by atoms with E-state index in [2.05, 4.69) is 15.2 Å². The Morgan fingerprint density at radius 2 is 1.74 bits per heavy atom. The summed E-state index contributed by atoms with van der Waals surface area (Å²) in [6.45, 7) is 0. The van der Waals surface area contributed by atoms with Gasteiger partial charge < -0.3 is 5.73 Å². The Hall–Kier alpha value is -1.93. The summed E-state index contributed by atoms with van der Waals surface area (Å²) in [4.78, 5) is 4.70. The fourth-order valence-electron chi connectivity index (χ4n) is 1.52. The molecule has 2 heterocycles. The van der Waals surface area contributed by atoms with Crippen LogP contribution in [0, 0.1) is 11.6 Å². The predicted octanol–water partition coefficient (Wildman–Crippen LogP) is 3.19. The van der Waals surface area contributed by atoms with Crippen LogP contribution in [0.3, 0.4) is 0 Å². The maximum atomic E-state index is 13.6. The van der Waals surface area contributed by atoms with Crippen molar-refractivity contribution in [2.75, 3.05) is 5.73 Å². The first-order chi connectivity index (χ1) is 9.15. The molecular formula is C11H6F2N4S2. The van der Waals surface area contributed by atoms with E-state index in [1.54, 1.807) is 0 Å². The van der Waals surface area contributed by atoms with Gasteiger partial charge in [-0.1, -0.05) is 17.4 Å². The fraction of sp³-hybridized carbons (Fsp3) is 0. The van der Waals surface area contributed by atoms with Gasteiger partial charge in [0, 0.05) is 6.20 Å². The number of rotatable bonds is 2. The minimum atomic E-state index is -0.641. The Morgan fingerprint density at radius 3 is 2.37 bits per heavy atom. The van der Waals surface area contributed by atoms with E-state index in [1.807, 2.05) is 0 Å². The van der Waals surface area contributed by atoms with Gasteiger partial charge in [-0.3, -0.25) is 0 Å². The fourth-order valence-corrected chi connectivity index (χ4v) is 3.13. The highest BCUT2D eigenvalue weighted by molar-refractivity contribution is 7.24. The van der Waals surface area contributed by atoms with E-state index in [9.17, 15) is 8.78 Å². The number of nitrogens with two attached hydrogens (primary N) is 1. The molecule has 3 aromatic rings. The minimum Gasteiger partial charge on any atom is -0.374 e. The van der Waals surface area contributed by atoms with Crippen LogP contribution in [0.5, 0.6) is 0 Å². The molecule has 2 aromatic heterocycles. The average Bonchev–Trinajstić information content (AvgIpc) is 2.98. The lowest BCUT2D eigenvalue weighted by atomic mass is 10.2. The monoisotopic (exact) mass is 296 g/mol. The summed E-state index contributed by atoms with van der Waals surface area (Å²) in [5.41, 5.74) is 5.36. The Kier molecular flexibility index (Phi) is 2.96. The molecule has 2 N–H and O–H groups in total. The van der Waals surface area contributed by atoms with Crippen LogP contribution in [0.25, 0.3) is 20.5 Å². The number of anilines is 1. The van der Waals surface area contributed by atoms with Gasteiger partial charge in [0.25, 0.3) is 0 Å². The van der Waals surface area contributed by atoms with Crippen LogP contribution < -0.4 is 5.73 Å². The van der Waals surface area contributed by atoms with Crippen molar-refractivity contribution in [3.63, 3.8) is 0 Å². The Labute approximate surface area is 114 Å². The predicted molar refractivity (Wildman–Crippen MR) is 70.8 cm³/mol. The van der Waals surface area contributed by atoms with Gasteiger partial charge in [-0.05, 0) is 12.1 Å². The van der Waals surface area contributed by atoms with Crippen molar-refractivity contribution in [3.05, 3.63) is 36.0 Å². The molecule has 4 nitrogen and oxygen atoms in total. The lowest BCUT2D eigenvalue weighted by molar-refractivity contribution is 0.589. The van der Waals surface area contributed by atoms with Gasteiger partial charge in [-0.25, -0.2) is 13.8 Å². The van der Waals surface area contributed by atoms with E-state index >= 15 is 0 Å². The summed E-state index contributed by atoms with van der Waals surface area (Å²) < 4.78 is 27.3. The van der Waals surface area contributed by atoms with Crippen molar-refractivity contribution in [1.29, 1.82) is 0 Å². The second-order valence-electron chi connectivity index (χ2n) is 3.57. The SMILES string of the molecule is Nc1nnc(-c2cnc(-c3c(F)cccc3F)s2)s1. The number of hydrogen-bond acceptors (Lipinski definition) is 6. The number of thiazole rings is 1. The summed E-state index contributed by atoms with van der Waals surface area (Å²) in [7, 11) is 0. The second kappa shape index (κ2) is 4.63.